The smallest absolute Gasteiger partial charge is 0.151 e. The summed E-state index contributed by atoms with van der Waals surface area (Å²) in [5.41, 5.74) is 1.14. The van der Waals surface area contributed by atoms with Crippen molar-refractivity contribution >= 4 is 21.7 Å². The molecule has 0 amide bonds. The second kappa shape index (κ2) is 4.05. The minimum atomic E-state index is 0.110. The van der Waals surface area contributed by atoms with E-state index in [2.05, 4.69) is 34.9 Å². The molecule has 0 spiro atoms. The molecule has 0 saturated heterocycles. The molecule has 1 aromatic heterocycles. The van der Waals surface area contributed by atoms with Crippen LogP contribution in [0.25, 0.3) is 0 Å². The number of nitrogens with zero attached hydrogens (tertiary/aromatic N) is 2. The van der Waals surface area contributed by atoms with Crippen molar-refractivity contribution in [1.29, 1.82) is 0 Å². The molecule has 13 heavy (non-hydrogen) atoms. The van der Waals surface area contributed by atoms with Crippen molar-refractivity contribution in [1.82, 2.24) is 9.78 Å². The number of halogens is 1. The molecule has 0 saturated carbocycles. The summed E-state index contributed by atoms with van der Waals surface area (Å²) in [5.74, 6) is 0.536. The number of aromatic nitrogens is 2. The van der Waals surface area contributed by atoms with E-state index < -0.39 is 0 Å². The number of carbonyl (C=O) groups is 1. The fourth-order valence-electron chi connectivity index (χ4n) is 1.09. The van der Waals surface area contributed by atoms with Crippen molar-refractivity contribution in [3.63, 3.8) is 0 Å². The zero-order chi connectivity index (χ0) is 10.0. The molecule has 0 atom stereocenters. The fraction of sp³-hybridized carbons (Fsp3) is 0.556. The van der Waals surface area contributed by atoms with Gasteiger partial charge in [0, 0.05) is 5.56 Å². The Hall–Kier alpha value is -0.640. The molecule has 3 nitrogen and oxygen atoms in total. The van der Waals surface area contributed by atoms with Crippen LogP contribution < -0.4 is 0 Å². The second-order valence-corrected chi connectivity index (χ2v) is 4.16. The Bertz CT molecular complexity index is 317. The van der Waals surface area contributed by atoms with Gasteiger partial charge in [-0.15, -0.1) is 0 Å². The standard InChI is InChI=1S/C9H13BrN2O/c1-6(2)8-4-11-12(9(8)10)5-7(3)13/h4,6H,5H2,1-3H3. The van der Waals surface area contributed by atoms with E-state index in [0.29, 0.717) is 12.5 Å². The quantitative estimate of drug-likeness (QED) is 0.819. The maximum Gasteiger partial charge on any atom is 0.151 e. The average molecular weight is 245 g/mol. The van der Waals surface area contributed by atoms with Gasteiger partial charge in [-0.1, -0.05) is 13.8 Å². The van der Waals surface area contributed by atoms with Gasteiger partial charge >= 0.3 is 0 Å². The first-order chi connectivity index (χ1) is 6.02. The third-order valence-electron chi connectivity index (χ3n) is 1.80. The molecule has 72 valence electrons. The maximum absolute atomic E-state index is 10.9. The molecule has 0 aromatic carbocycles. The summed E-state index contributed by atoms with van der Waals surface area (Å²) in [6.07, 6.45) is 1.80. The van der Waals surface area contributed by atoms with Crippen LogP contribution in [0.3, 0.4) is 0 Å². The fourth-order valence-corrected chi connectivity index (χ4v) is 1.87. The predicted molar refractivity (Wildman–Crippen MR) is 54.7 cm³/mol. The van der Waals surface area contributed by atoms with Gasteiger partial charge in [-0.3, -0.25) is 9.48 Å². The van der Waals surface area contributed by atoms with Crippen molar-refractivity contribution in [3.8, 4) is 0 Å². The molecule has 0 radical (unpaired) electrons. The van der Waals surface area contributed by atoms with E-state index >= 15 is 0 Å². The number of Topliss-reactive ketones (excluding diaryl/α,β-unsaturated/α-hetero) is 1. The Kier molecular flexibility index (Phi) is 3.25. The summed E-state index contributed by atoms with van der Waals surface area (Å²) in [6, 6.07) is 0. The first-order valence-corrected chi connectivity index (χ1v) is 5.02. The Balaban J connectivity index is 2.92. The molecule has 1 heterocycles. The molecule has 1 aromatic rings. The number of rotatable bonds is 3. The van der Waals surface area contributed by atoms with E-state index in [1.165, 1.54) is 0 Å². The Morgan fingerprint density at radius 3 is 2.69 bits per heavy atom. The SMILES string of the molecule is CC(=O)Cn1ncc(C(C)C)c1Br. The molecule has 0 N–H and O–H groups in total. The summed E-state index contributed by atoms with van der Waals surface area (Å²) in [7, 11) is 0. The van der Waals surface area contributed by atoms with Crippen LogP contribution in [0.15, 0.2) is 10.8 Å². The third kappa shape index (κ3) is 2.40. The van der Waals surface area contributed by atoms with E-state index in [1.54, 1.807) is 17.8 Å². The van der Waals surface area contributed by atoms with Gasteiger partial charge in [0.25, 0.3) is 0 Å². The highest BCUT2D eigenvalue weighted by atomic mass is 79.9. The average Bonchev–Trinajstić information content (AvgIpc) is 2.32. The van der Waals surface area contributed by atoms with Crippen LogP contribution in [-0.4, -0.2) is 15.6 Å². The van der Waals surface area contributed by atoms with Crippen molar-refractivity contribution in [2.75, 3.05) is 0 Å². The molecule has 0 aliphatic heterocycles. The molecule has 1 rings (SSSR count). The van der Waals surface area contributed by atoms with E-state index in [4.69, 9.17) is 0 Å². The summed E-state index contributed by atoms with van der Waals surface area (Å²) < 4.78 is 2.59. The number of carbonyl (C=O) groups excluding carboxylic acids is 1. The lowest BCUT2D eigenvalue weighted by atomic mass is 10.1. The maximum atomic E-state index is 10.9. The van der Waals surface area contributed by atoms with Crippen molar-refractivity contribution in [2.24, 2.45) is 0 Å². The summed E-state index contributed by atoms with van der Waals surface area (Å²) in [4.78, 5) is 10.9. The van der Waals surface area contributed by atoms with Gasteiger partial charge in [-0.2, -0.15) is 5.10 Å². The Morgan fingerprint density at radius 1 is 1.69 bits per heavy atom. The van der Waals surface area contributed by atoms with Crippen LogP contribution in [0.4, 0.5) is 0 Å². The van der Waals surface area contributed by atoms with Gasteiger partial charge in [0.15, 0.2) is 5.78 Å². The lowest BCUT2D eigenvalue weighted by Crippen LogP contribution is -2.07. The van der Waals surface area contributed by atoms with Gasteiger partial charge < -0.3 is 0 Å². The van der Waals surface area contributed by atoms with Gasteiger partial charge in [-0.05, 0) is 28.8 Å². The van der Waals surface area contributed by atoms with Crippen LogP contribution in [0.2, 0.25) is 0 Å². The topological polar surface area (TPSA) is 34.9 Å². The summed E-state index contributed by atoms with van der Waals surface area (Å²) >= 11 is 3.43. The minimum absolute atomic E-state index is 0.110. The van der Waals surface area contributed by atoms with Crippen LogP contribution in [0, 0.1) is 0 Å². The molecule has 4 heteroatoms. The van der Waals surface area contributed by atoms with Gasteiger partial charge in [0.1, 0.15) is 11.1 Å². The molecule has 0 aliphatic rings. The highest BCUT2D eigenvalue weighted by Gasteiger charge is 2.11. The van der Waals surface area contributed by atoms with Crippen LogP contribution in [0.5, 0.6) is 0 Å². The van der Waals surface area contributed by atoms with E-state index in [1.807, 2.05) is 0 Å². The van der Waals surface area contributed by atoms with Crippen molar-refractivity contribution < 1.29 is 4.79 Å². The highest BCUT2D eigenvalue weighted by Crippen LogP contribution is 2.23. The van der Waals surface area contributed by atoms with Crippen molar-refractivity contribution in [3.05, 3.63) is 16.4 Å². The van der Waals surface area contributed by atoms with Crippen LogP contribution in [0.1, 0.15) is 32.3 Å². The van der Waals surface area contributed by atoms with Crippen LogP contribution in [-0.2, 0) is 11.3 Å². The molecular weight excluding hydrogens is 232 g/mol. The lowest BCUT2D eigenvalue weighted by molar-refractivity contribution is -0.117. The van der Waals surface area contributed by atoms with E-state index in [0.717, 1.165) is 10.2 Å². The number of hydrogen-bond donors (Lipinski definition) is 0. The first kappa shape index (κ1) is 10.4. The van der Waals surface area contributed by atoms with E-state index in [9.17, 15) is 4.79 Å². The second-order valence-electron chi connectivity index (χ2n) is 3.41. The molecule has 0 unspecified atom stereocenters. The minimum Gasteiger partial charge on any atom is -0.298 e. The first-order valence-electron chi connectivity index (χ1n) is 4.23. The molecular formula is C9H13BrN2O. The third-order valence-corrected chi connectivity index (χ3v) is 2.66. The van der Waals surface area contributed by atoms with Gasteiger partial charge in [0.05, 0.1) is 6.20 Å². The van der Waals surface area contributed by atoms with Gasteiger partial charge in [0.2, 0.25) is 0 Å². The van der Waals surface area contributed by atoms with Gasteiger partial charge in [-0.25, -0.2) is 0 Å². The number of ketones is 1. The van der Waals surface area contributed by atoms with E-state index in [-0.39, 0.29) is 5.78 Å². The molecule has 0 aliphatic carbocycles. The predicted octanol–water partition coefficient (Wildman–Crippen LogP) is 2.36. The monoisotopic (exact) mass is 244 g/mol. The zero-order valence-electron chi connectivity index (χ0n) is 8.04. The van der Waals surface area contributed by atoms with Crippen molar-refractivity contribution in [2.45, 2.75) is 33.2 Å². The lowest BCUT2D eigenvalue weighted by Gasteiger charge is -2.03. The molecule has 0 fully saturated rings. The molecule has 0 bridgehead atoms. The van der Waals surface area contributed by atoms with Crippen LogP contribution >= 0.6 is 15.9 Å². The summed E-state index contributed by atoms with van der Waals surface area (Å²) in [5, 5.41) is 4.13. The number of hydrogen-bond acceptors (Lipinski definition) is 2. The highest BCUT2D eigenvalue weighted by molar-refractivity contribution is 9.10. The largest absolute Gasteiger partial charge is 0.298 e. The Labute approximate surface area is 86.3 Å². The zero-order valence-corrected chi connectivity index (χ0v) is 9.63. The Morgan fingerprint density at radius 2 is 2.31 bits per heavy atom. The normalized spacial score (nSPS) is 10.8. The summed E-state index contributed by atoms with van der Waals surface area (Å²) in [6.45, 7) is 6.09.